The molecule has 0 radical (unpaired) electrons. The minimum absolute atomic E-state index is 0.270. The third-order valence-corrected chi connectivity index (χ3v) is 2.13. The van der Waals surface area contributed by atoms with Crippen molar-refractivity contribution in [2.24, 2.45) is 0 Å². The van der Waals surface area contributed by atoms with E-state index in [4.69, 9.17) is 10.8 Å². The number of aliphatic hydroxyl groups is 1. The molecule has 1 heterocycles. The molecule has 1 rings (SSSR count). The SMILES string of the molecule is CC(O)CCSc1n[nH]c(N)n1. The predicted octanol–water partition coefficient (Wildman–Crippen LogP) is 0.250. The Morgan fingerprint density at radius 1 is 1.75 bits per heavy atom. The number of nitrogen functional groups attached to an aromatic ring is 1. The highest BCUT2D eigenvalue weighted by Gasteiger charge is 2.01. The quantitative estimate of drug-likeness (QED) is 0.589. The lowest BCUT2D eigenvalue weighted by Crippen LogP contribution is -2.00. The molecule has 0 bridgehead atoms. The molecule has 0 spiro atoms. The number of aromatic amines is 1. The number of aromatic nitrogens is 3. The van der Waals surface area contributed by atoms with Crippen molar-refractivity contribution in [3.8, 4) is 0 Å². The van der Waals surface area contributed by atoms with Gasteiger partial charge in [-0.15, -0.1) is 5.10 Å². The summed E-state index contributed by atoms with van der Waals surface area (Å²) in [5.41, 5.74) is 5.32. The van der Waals surface area contributed by atoms with Gasteiger partial charge in [-0.1, -0.05) is 11.8 Å². The Balaban J connectivity index is 2.24. The van der Waals surface area contributed by atoms with Gasteiger partial charge in [-0.2, -0.15) is 4.98 Å². The van der Waals surface area contributed by atoms with Crippen molar-refractivity contribution in [2.75, 3.05) is 11.5 Å². The Labute approximate surface area is 74.8 Å². The number of thioether (sulfide) groups is 1. The maximum absolute atomic E-state index is 8.95. The average Bonchev–Trinajstić information content (AvgIpc) is 2.35. The molecule has 12 heavy (non-hydrogen) atoms. The molecule has 0 aliphatic carbocycles. The Morgan fingerprint density at radius 3 is 3.00 bits per heavy atom. The fourth-order valence-corrected chi connectivity index (χ4v) is 1.56. The van der Waals surface area contributed by atoms with Gasteiger partial charge < -0.3 is 10.8 Å². The molecule has 68 valence electrons. The average molecular weight is 188 g/mol. The lowest BCUT2D eigenvalue weighted by Gasteiger charge is -1.99. The van der Waals surface area contributed by atoms with E-state index in [1.807, 2.05) is 0 Å². The van der Waals surface area contributed by atoms with Crippen molar-refractivity contribution in [2.45, 2.75) is 24.6 Å². The van der Waals surface area contributed by atoms with Crippen molar-refractivity contribution in [3.63, 3.8) is 0 Å². The molecular formula is C6H12N4OS. The van der Waals surface area contributed by atoms with Crippen LogP contribution < -0.4 is 5.73 Å². The predicted molar refractivity (Wildman–Crippen MR) is 47.8 cm³/mol. The molecule has 1 aromatic rings. The molecule has 0 fully saturated rings. The molecule has 1 aromatic heterocycles. The van der Waals surface area contributed by atoms with E-state index < -0.39 is 0 Å². The van der Waals surface area contributed by atoms with Crippen LogP contribution >= 0.6 is 11.8 Å². The van der Waals surface area contributed by atoms with Gasteiger partial charge in [0.25, 0.3) is 0 Å². The molecule has 0 amide bonds. The summed E-state index contributed by atoms with van der Waals surface area (Å²) >= 11 is 1.48. The maximum atomic E-state index is 8.95. The Morgan fingerprint density at radius 2 is 2.50 bits per heavy atom. The molecule has 0 saturated heterocycles. The Kier molecular flexibility index (Phi) is 3.36. The Bertz CT molecular complexity index is 237. The van der Waals surface area contributed by atoms with Crippen LogP contribution in [0.5, 0.6) is 0 Å². The van der Waals surface area contributed by atoms with E-state index in [9.17, 15) is 0 Å². The zero-order valence-corrected chi connectivity index (χ0v) is 7.64. The van der Waals surface area contributed by atoms with Gasteiger partial charge in [-0.25, -0.2) is 5.10 Å². The van der Waals surface area contributed by atoms with Crippen LogP contribution in [0, 0.1) is 0 Å². The fourth-order valence-electron chi connectivity index (χ4n) is 0.643. The van der Waals surface area contributed by atoms with Crippen LogP contribution in [0.3, 0.4) is 0 Å². The van der Waals surface area contributed by atoms with E-state index in [1.165, 1.54) is 11.8 Å². The first-order valence-corrected chi connectivity index (χ1v) is 4.66. The van der Waals surface area contributed by atoms with Crippen molar-refractivity contribution in [1.82, 2.24) is 15.2 Å². The largest absolute Gasteiger partial charge is 0.393 e. The van der Waals surface area contributed by atoms with Gasteiger partial charge in [0.15, 0.2) is 0 Å². The van der Waals surface area contributed by atoms with Crippen molar-refractivity contribution < 1.29 is 5.11 Å². The van der Waals surface area contributed by atoms with E-state index in [1.54, 1.807) is 6.92 Å². The summed E-state index contributed by atoms with van der Waals surface area (Å²) in [6.45, 7) is 1.76. The third-order valence-electron chi connectivity index (χ3n) is 1.25. The summed E-state index contributed by atoms with van der Waals surface area (Å²) in [5, 5.41) is 16.0. The number of nitrogens with two attached hydrogens (primary N) is 1. The number of nitrogens with zero attached hydrogens (tertiary/aromatic N) is 2. The lowest BCUT2D eigenvalue weighted by molar-refractivity contribution is 0.192. The molecule has 0 aliphatic rings. The van der Waals surface area contributed by atoms with Crippen LogP contribution in [-0.4, -0.2) is 32.1 Å². The van der Waals surface area contributed by atoms with Gasteiger partial charge in [0, 0.05) is 5.75 Å². The highest BCUT2D eigenvalue weighted by atomic mass is 32.2. The molecule has 0 saturated carbocycles. The summed E-state index contributed by atoms with van der Waals surface area (Å²) in [4.78, 5) is 3.90. The molecule has 1 unspecified atom stereocenters. The number of nitrogens with one attached hydrogen (secondary N) is 1. The first-order chi connectivity index (χ1) is 5.68. The topological polar surface area (TPSA) is 87.8 Å². The third kappa shape index (κ3) is 3.10. The molecule has 4 N–H and O–H groups in total. The second-order valence-corrected chi connectivity index (χ2v) is 3.55. The second-order valence-electron chi connectivity index (χ2n) is 2.49. The smallest absolute Gasteiger partial charge is 0.216 e. The normalized spacial score (nSPS) is 13.2. The summed E-state index contributed by atoms with van der Waals surface area (Å²) in [7, 11) is 0. The van der Waals surface area contributed by atoms with Crippen LogP contribution in [0.25, 0.3) is 0 Å². The summed E-state index contributed by atoms with van der Waals surface area (Å²) in [5.74, 6) is 1.13. The van der Waals surface area contributed by atoms with Crippen LogP contribution in [0.4, 0.5) is 5.95 Å². The molecule has 0 aromatic carbocycles. The summed E-state index contributed by atoms with van der Waals surface area (Å²) < 4.78 is 0. The van der Waals surface area contributed by atoms with Gasteiger partial charge in [0.05, 0.1) is 6.10 Å². The van der Waals surface area contributed by atoms with Crippen molar-refractivity contribution in [3.05, 3.63) is 0 Å². The number of H-pyrrole nitrogens is 1. The van der Waals surface area contributed by atoms with Crippen LogP contribution in [0.1, 0.15) is 13.3 Å². The van der Waals surface area contributed by atoms with Gasteiger partial charge in [-0.3, -0.25) is 0 Å². The maximum Gasteiger partial charge on any atom is 0.216 e. The highest BCUT2D eigenvalue weighted by molar-refractivity contribution is 7.99. The zero-order valence-electron chi connectivity index (χ0n) is 6.82. The van der Waals surface area contributed by atoms with Crippen molar-refractivity contribution in [1.29, 1.82) is 0 Å². The van der Waals surface area contributed by atoms with Gasteiger partial charge in [-0.05, 0) is 13.3 Å². The van der Waals surface area contributed by atoms with Crippen LogP contribution in [-0.2, 0) is 0 Å². The van der Waals surface area contributed by atoms with Crippen LogP contribution in [0.2, 0.25) is 0 Å². The standard InChI is InChI=1S/C6H12N4OS/c1-4(11)2-3-12-6-8-5(7)9-10-6/h4,11H,2-3H2,1H3,(H3,7,8,9,10). The Hall–Kier alpha value is -0.750. The number of rotatable bonds is 4. The number of hydrogen-bond acceptors (Lipinski definition) is 5. The second kappa shape index (κ2) is 4.32. The van der Waals surface area contributed by atoms with E-state index in [0.717, 1.165) is 12.2 Å². The summed E-state index contributed by atoms with van der Waals surface area (Å²) in [6.07, 6.45) is 0.466. The highest BCUT2D eigenvalue weighted by Crippen LogP contribution is 2.14. The molecule has 1 atom stereocenters. The van der Waals surface area contributed by atoms with E-state index >= 15 is 0 Å². The molecule has 5 nitrogen and oxygen atoms in total. The van der Waals surface area contributed by atoms with Gasteiger partial charge >= 0.3 is 0 Å². The van der Waals surface area contributed by atoms with E-state index in [2.05, 4.69) is 15.2 Å². The van der Waals surface area contributed by atoms with E-state index in [-0.39, 0.29) is 6.10 Å². The zero-order chi connectivity index (χ0) is 8.97. The minimum atomic E-state index is -0.270. The number of anilines is 1. The number of hydrogen-bond donors (Lipinski definition) is 3. The first-order valence-electron chi connectivity index (χ1n) is 3.67. The summed E-state index contributed by atoms with van der Waals surface area (Å²) in [6, 6.07) is 0. The first kappa shape index (κ1) is 9.34. The van der Waals surface area contributed by atoms with E-state index in [0.29, 0.717) is 11.1 Å². The fraction of sp³-hybridized carbons (Fsp3) is 0.667. The number of aliphatic hydroxyl groups excluding tert-OH is 1. The molecule has 0 aliphatic heterocycles. The minimum Gasteiger partial charge on any atom is -0.393 e. The van der Waals surface area contributed by atoms with Gasteiger partial charge in [0.1, 0.15) is 0 Å². The van der Waals surface area contributed by atoms with Crippen molar-refractivity contribution >= 4 is 17.7 Å². The lowest BCUT2D eigenvalue weighted by atomic mass is 10.3. The van der Waals surface area contributed by atoms with Gasteiger partial charge in [0.2, 0.25) is 11.1 Å². The van der Waals surface area contributed by atoms with Crippen LogP contribution in [0.15, 0.2) is 5.16 Å². The molecular weight excluding hydrogens is 176 g/mol. The molecule has 6 heteroatoms. The monoisotopic (exact) mass is 188 g/mol.